The van der Waals surface area contributed by atoms with E-state index < -0.39 is 22.5 Å². The van der Waals surface area contributed by atoms with Crippen LogP contribution in [-0.4, -0.2) is 41.3 Å². The monoisotopic (exact) mass is 719 g/mol. The summed E-state index contributed by atoms with van der Waals surface area (Å²) in [5, 5.41) is 4.88. The molecule has 9 nitrogen and oxygen atoms in total. The number of carbonyl (C=O) groups excluding carboxylic acids is 1. The van der Waals surface area contributed by atoms with Crippen molar-refractivity contribution in [2.24, 2.45) is 5.10 Å². The molecule has 0 bridgehead atoms. The van der Waals surface area contributed by atoms with Crippen molar-refractivity contribution in [2.75, 3.05) is 25.1 Å². The zero-order valence-electron chi connectivity index (χ0n) is 23.9. The van der Waals surface area contributed by atoms with E-state index in [0.717, 1.165) is 15.4 Å². The van der Waals surface area contributed by atoms with Gasteiger partial charge in [0.2, 0.25) is 0 Å². The Balaban J connectivity index is 1.54. The van der Waals surface area contributed by atoms with Crippen LogP contribution >= 0.6 is 39.1 Å². The highest BCUT2D eigenvalue weighted by Crippen LogP contribution is 2.37. The number of anilines is 1. The lowest BCUT2D eigenvalue weighted by atomic mass is 10.2. The Kier molecular flexibility index (Phi) is 11.1. The molecule has 230 valence electrons. The Bertz CT molecular complexity index is 1790. The lowest BCUT2D eigenvalue weighted by molar-refractivity contribution is -0.119. The van der Waals surface area contributed by atoms with Crippen molar-refractivity contribution in [3.8, 4) is 17.2 Å². The molecule has 0 atom stereocenters. The van der Waals surface area contributed by atoms with Gasteiger partial charge in [-0.3, -0.25) is 9.10 Å². The van der Waals surface area contributed by atoms with Crippen molar-refractivity contribution in [3.05, 3.63) is 110 Å². The third-order valence-electron chi connectivity index (χ3n) is 6.29. The van der Waals surface area contributed by atoms with Crippen molar-refractivity contribution >= 4 is 67.0 Å². The third-order valence-corrected chi connectivity index (χ3v) is 9.26. The number of amides is 1. The van der Waals surface area contributed by atoms with Crippen molar-refractivity contribution in [1.29, 1.82) is 0 Å². The molecule has 44 heavy (non-hydrogen) atoms. The summed E-state index contributed by atoms with van der Waals surface area (Å²) in [5.74, 6) is 0.392. The van der Waals surface area contributed by atoms with Crippen molar-refractivity contribution in [3.63, 3.8) is 0 Å². The number of rotatable bonds is 12. The first kappa shape index (κ1) is 33.1. The van der Waals surface area contributed by atoms with Crippen LogP contribution in [0.3, 0.4) is 0 Å². The van der Waals surface area contributed by atoms with Crippen LogP contribution in [-0.2, 0) is 21.4 Å². The maximum Gasteiger partial charge on any atom is 0.264 e. The van der Waals surface area contributed by atoms with Crippen molar-refractivity contribution < 1.29 is 27.4 Å². The first-order valence-electron chi connectivity index (χ1n) is 13.0. The zero-order valence-corrected chi connectivity index (χ0v) is 27.8. The van der Waals surface area contributed by atoms with E-state index in [1.165, 1.54) is 44.7 Å². The standard InChI is InChI=1S/C31H28BrCl2N3O6S/c1-20-8-11-24(12-9-20)44(39,40)37(27-16-23(33)10-13-28(27)41-2)18-30(38)36-35-17-21-14-25(32)31(29(15-21)42-3)43-19-22-6-4-5-7-26(22)34/h4-17H,18-19H2,1-3H3,(H,36,38). The molecule has 0 aliphatic heterocycles. The van der Waals surface area contributed by atoms with E-state index in [-0.39, 0.29) is 28.0 Å². The SMILES string of the molecule is COc1ccc(Cl)cc1N(CC(=O)NN=Cc1cc(Br)c(OCc2ccccc2Cl)c(OC)c1)S(=O)(=O)c1ccc(C)cc1. The van der Waals surface area contributed by atoms with Gasteiger partial charge in [-0.05, 0) is 76.9 Å². The fraction of sp³-hybridized carbons (Fsp3) is 0.161. The van der Waals surface area contributed by atoms with Gasteiger partial charge in [-0.1, -0.05) is 59.1 Å². The average Bonchev–Trinajstić information content (AvgIpc) is 3.00. The van der Waals surface area contributed by atoms with Gasteiger partial charge in [0.1, 0.15) is 18.9 Å². The molecule has 1 amide bonds. The molecule has 0 aliphatic rings. The number of nitrogens with one attached hydrogen (secondary N) is 1. The van der Waals surface area contributed by atoms with Crippen LogP contribution in [0.5, 0.6) is 17.2 Å². The number of hydrogen-bond donors (Lipinski definition) is 1. The Morgan fingerprint density at radius 1 is 0.977 bits per heavy atom. The number of halogens is 3. The number of hydrogen-bond acceptors (Lipinski definition) is 7. The normalized spacial score (nSPS) is 11.3. The Hall–Kier alpha value is -3.77. The number of benzene rings is 4. The molecular formula is C31H28BrCl2N3O6S. The first-order chi connectivity index (χ1) is 21.0. The molecule has 4 aromatic rings. The second-order valence-electron chi connectivity index (χ2n) is 9.35. The molecule has 0 saturated heterocycles. The molecule has 0 heterocycles. The summed E-state index contributed by atoms with van der Waals surface area (Å²) in [5.41, 5.74) is 4.75. The fourth-order valence-corrected chi connectivity index (χ4v) is 6.41. The second-order valence-corrected chi connectivity index (χ2v) is 12.9. The lowest BCUT2D eigenvalue weighted by Crippen LogP contribution is -2.39. The average molecular weight is 721 g/mol. The largest absolute Gasteiger partial charge is 0.495 e. The number of nitrogens with zero attached hydrogens (tertiary/aromatic N) is 2. The van der Waals surface area contributed by atoms with Crippen LogP contribution in [0.25, 0.3) is 0 Å². The van der Waals surface area contributed by atoms with Crippen LogP contribution in [0.4, 0.5) is 5.69 Å². The maximum absolute atomic E-state index is 13.7. The van der Waals surface area contributed by atoms with Gasteiger partial charge in [-0.2, -0.15) is 5.10 Å². The van der Waals surface area contributed by atoms with Gasteiger partial charge in [0.25, 0.3) is 15.9 Å². The van der Waals surface area contributed by atoms with Gasteiger partial charge in [0.15, 0.2) is 11.5 Å². The smallest absolute Gasteiger partial charge is 0.264 e. The number of hydrazone groups is 1. The van der Waals surface area contributed by atoms with Gasteiger partial charge in [-0.15, -0.1) is 0 Å². The van der Waals surface area contributed by atoms with E-state index in [4.69, 9.17) is 37.4 Å². The van der Waals surface area contributed by atoms with E-state index in [9.17, 15) is 13.2 Å². The second kappa shape index (κ2) is 14.8. The summed E-state index contributed by atoms with van der Waals surface area (Å²) in [6.45, 7) is 1.46. The Labute approximate surface area is 274 Å². The third kappa shape index (κ3) is 8.03. The highest BCUT2D eigenvalue weighted by molar-refractivity contribution is 9.10. The Morgan fingerprint density at radius 2 is 1.68 bits per heavy atom. The van der Waals surface area contributed by atoms with E-state index >= 15 is 0 Å². The minimum absolute atomic E-state index is 0.00443. The summed E-state index contributed by atoms with van der Waals surface area (Å²) < 4.78 is 45.8. The van der Waals surface area contributed by atoms with E-state index in [2.05, 4.69) is 26.5 Å². The summed E-state index contributed by atoms with van der Waals surface area (Å²) in [4.78, 5) is 13.1. The van der Waals surface area contributed by atoms with Crippen molar-refractivity contribution in [2.45, 2.75) is 18.4 Å². The molecular weight excluding hydrogens is 693 g/mol. The highest BCUT2D eigenvalue weighted by atomic mass is 79.9. The molecule has 0 aromatic heterocycles. The predicted molar refractivity (Wildman–Crippen MR) is 176 cm³/mol. The number of methoxy groups -OCH3 is 2. The van der Waals surface area contributed by atoms with Gasteiger partial charge in [0.05, 0.1) is 35.5 Å². The molecule has 0 spiro atoms. The van der Waals surface area contributed by atoms with Crippen molar-refractivity contribution in [1.82, 2.24) is 5.43 Å². The summed E-state index contributed by atoms with van der Waals surface area (Å²) in [7, 11) is -1.31. The number of aryl methyl sites for hydroxylation is 1. The van der Waals surface area contributed by atoms with E-state index in [0.29, 0.717) is 26.6 Å². The molecule has 4 aromatic carbocycles. The number of sulfonamides is 1. The molecule has 1 N–H and O–H groups in total. The first-order valence-corrected chi connectivity index (χ1v) is 16.0. The molecule has 0 aliphatic carbocycles. The van der Waals surface area contributed by atoms with Gasteiger partial charge in [-0.25, -0.2) is 13.8 Å². The minimum Gasteiger partial charge on any atom is -0.495 e. The molecule has 4 rings (SSSR count). The highest BCUT2D eigenvalue weighted by Gasteiger charge is 2.29. The molecule has 0 radical (unpaired) electrons. The molecule has 0 fully saturated rings. The zero-order chi connectivity index (χ0) is 31.9. The van der Waals surface area contributed by atoms with E-state index in [1.54, 1.807) is 36.4 Å². The summed E-state index contributed by atoms with van der Waals surface area (Å²) >= 11 is 15.9. The number of ether oxygens (including phenoxy) is 3. The minimum atomic E-state index is -4.20. The maximum atomic E-state index is 13.7. The molecule has 0 saturated carbocycles. The summed E-state index contributed by atoms with van der Waals surface area (Å²) in [6.07, 6.45) is 1.39. The molecule has 0 unspecified atom stereocenters. The van der Waals surface area contributed by atoms with Crippen LogP contribution in [0.2, 0.25) is 10.0 Å². The lowest BCUT2D eigenvalue weighted by Gasteiger charge is -2.25. The van der Waals surface area contributed by atoms with Gasteiger partial charge in [0, 0.05) is 15.6 Å². The van der Waals surface area contributed by atoms with E-state index in [1.807, 2.05) is 25.1 Å². The van der Waals surface area contributed by atoms with Crippen LogP contribution in [0.15, 0.2) is 93.3 Å². The molecule has 13 heteroatoms. The van der Waals surface area contributed by atoms with Crippen LogP contribution in [0, 0.1) is 6.92 Å². The quantitative estimate of drug-likeness (QED) is 0.125. The fourth-order valence-electron chi connectivity index (χ4n) is 4.06. The number of carbonyl (C=O) groups is 1. The van der Waals surface area contributed by atoms with Gasteiger partial charge >= 0.3 is 0 Å². The Morgan fingerprint density at radius 3 is 2.36 bits per heavy atom. The summed E-state index contributed by atoms with van der Waals surface area (Å²) in [6, 6.07) is 21.5. The topological polar surface area (TPSA) is 107 Å². The van der Waals surface area contributed by atoms with Gasteiger partial charge < -0.3 is 14.2 Å². The van der Waals surface area contributed by atoms with Crippen LogP contribution in [0.1, 0.15) is 16.7 Å². The van der Waals surface area contributed by atoms with Crippen LogP contribution < -0.4 is 23.9 Å². The predicted octanol–water partition coefficient (Wildman–Crippen LogP) is 7.01.